The normalized spacial score (nSPS) is 12.1. The average Bonchev–Trinajstić information content (AvgIpc) is 3.06. The van der Waals surface area contributed by atoms with Crippen molar-refractivity contribution in [2.24, 2.45) is 0 Å². The summed E-state index contributed by atoms with van der Waals surface area (Å²) < 4.78 is 24.3. The van der Waals surface area contributed by atoms with Gasteiger partial charge < -0.3 is 14.5 Å². The van der Waals surface area contributed by atoms with E-state index in [2.05, 4.69) is 21.2 Å². The van der Waals surface area contributed by atoms with Gasteiger partial charge in [-0.15, -0.1) is 0 Å². The Morgan fingerprint density at radius 1 is 1.42 bits per heavy atom. The van der Waals surface area contributed by atoms with Gasteiger partial charge in [-0.05, 0) is 43.3 Å². The Balaban J connectivity index is 1.85. The lowest BCUT2D eigenvalue weighted by Crippen LogP contribution is -2.35. The van der Waals surface area contributed by atoms with Crippen LogP contribution >= 0.6 is 15.9 Å². The lowest BCUT2D eigenvalue weighted by molar-refractivity contribution is -0.150. The van der Waals surface area contributed by atoms with Gasteiger partial charge in [-0.2, -0.15) is 0 Å². The number of rotatable bonds is 6. The molecule has 0 bridgehead atoms. The highest BCUT2D eigenvalue weighted by atomic mass is 79.9. The molecule has 1 amide bonds. The van der Waals surface area contributed by atoms with E-state index in [0.29, 0.717) is 10.2 Å². The van der Waals surface area contributed by atoms with Crippen LogP contribution in [0, 0.1) is 5.82 Å². The van der Waals surface area contributed by atoms with Crippen LogP contribution in [0.5, 0.6) is 0 Å². The molecule has 0 aliphatic heterocycles. The molecule has 0 aliphatic rings. The minimum absolute atomic E-state index is 0.201. The average molecular weight is 396 g/mol. The van der Waals surface area contributed by atoms with E-state index in [9.17, 15) is 14.0 Å². The number of carbonyl (C=O) groups is 2. The minimum atomic E-state index is -0.982. The molecule has 0 saturated carbocycles. The van der Waals surface area contributed by atoms with Crippen molar-refractivity contribution in [2.75, 3.05) is 0 Å². The molecule has 0 saturated heterocycles. The molecule has 2 aromatic rings. The van der Waals surface area contributed by atoms with E-state index in [1.54, 1.807) is 18.2 Å². The van der Waals surface area contributed by atoms with Crippen LogP contribution in [0.25, 0.3) is 6.08 Å². The summed E-state index contributed by atoms with van der Waals surface area (Å²) in [5.74, 6) is -1.07. The first kappa shape index (κ1) is 17.9. The highest BCUT2D eigenvalue weighted by Crippen LogP contribution is 2.16. The third-order valence-corrected chi connectivity index (χ3v) is 3.53. The Bertz CT molecular complexity index is 743. The molecule has 0 fully saturated rings. The summed E-state index contributed by atoms with van der Waals surface area (Å²) in [6.07, 6.45) is 2.87. The molecule has 0 radical (unpaired) electrons. The largest absolute Gasteiger partial charge is 0.467 e. The summed E-state index contributed by atoms with van der Waals surface area (Å²) in [6.45, 7) is 1.65. The number of benzene rings is 1. The van der Waals surface area contributed by atoms with Crippen LogP contribution in [-0.2, 0) is 20.9 Å². The van der Waals surface area contributed by atoms with Gasteiger partial charge in [0.2, 0.25) is 0 Å². The fourth-order valence-corrected chi connectivity index (χ4v) is 2.18. The van der Waals surface area contributed by atoms with Crippen molar-refractivity contribution in [3.8, 4) is 0 Å². The molecule has 1 aromatic carbocycles. The smallest absolute Gasteiger partial charge is 0.331 e. The van der Waals surface area contributed by atoms with Gasteiger partial charge in [-0.25, -0.2) is 9.18 Å². The van der Waals surface area contributed by atoms with Gasteiger partial charge in [0.1, 0.15) is 11.6 Å². The van der Waals surface area contributed by atoms with E-state index < -0.39 is 23.8 Å². The van der Waals surface area contributed by atoms with Crippen LogP contribution in [0.4, 0.5) is 4.39 Å². The molecular weight excluding hydrogens is 381 g/mol. The van der Waals surface area contributed by atoms with Crippen LogP contribution in [0.2, 0.25) is 0 Å². The van der Waals surface area contributed by atoms with Gasteiger partial charge >= 0.3 is 5.97 Å². The lowest BCUT2D eigenvalue weighted by Gasteiger charge is -2.11. The zero-order valence-corrected chi connectivity index (χ0v) is 14.4. The number of carbonyl (C=O) groups excluding carboxylic acids is 2. The second-order valence-corrected chi connectivity index (χ2v) is 5.79. The molecule has 0 spiro atoms. The van der Waals surface area contributed by atoms with Gasteiger partial charge in [-0.3, -0.25) is 4.79 Å². The summed E-state index contributed by atoms with van der Waals surface area (Å²) in [6, 6.07) is 7.78. The third kappa shape index (κ3) is 5.34. The number of nitrogens with one attached hydrogen (secondary N) is 1. The van der Waals surface area contributed by atoms with Gasteiger partial charge in [0.25, 0.3) is 5.91 Å². The SMILES string of the molecule is C[C@H](OC(=O)/C=C/c1cc(Br)ccc1F)C(=O)NCc1ccco1. The Morgan fingerprint density at radius 2 is 2.21 bits per heavy atom. The Morgan fingerprint density at radius 3 is 2.92 bits per heavy atom. The number of esters is 1. The fraction of sp³-hybridized carbons (Fsp3) is 0.176. The standard InChI is InChI=1S/C17H15BrFNO4/c1-11(17(22)20-10-14-3-2-8-23-14)24-16(21)7-4-12-9-13(18)5-6-15(12)19/h2-9,11H,10H2,1H3,(H,20,22)/b7-4+/t11-/m0/s1. The number of halogens is 2. The van der Waals surface area contributed by atoms with Gasteiger partial charge in [0, 0.05) is 16.1 Å². The molecule has 5 nitrogen and oxygen atoms in total. The molecule has 2 rings (SSSR count). The number of amides is 1. The molecular formula is C17H15BrFNO4. The number of hydrogen-bond acceptors (Lipinski definition) is 4. The number of hydrogen-bond donors (Lipinski definition) is 1. The van der Waals surface area contributed by atoms with Crippen molar-refractivity contribution < 1.29 is 23.1 Å². The van der Waals surface area contributed by atoms with Crippen LogP contribution in [0.3, 0.4) is 0 Å². The first-order valence-corrected chi connectivity index (χ1v) is 7.89. The van der Waals surface area contributed by atoms with Gasteiger partial charge in [0.05, 0.1) is 12.8 Å². The number of furan rings is 1. The predicted octanol–water partition coefficient (Wildman–Crippen LogP) is 3.44. The summed E-state index contributed by atoms with van der Waals surface area (Å²) in [5, 5.41) is 2.58. The highest BCUT2D eigenvalue weighted by molar-refractivity contribution is 9.10. The molecule has 0 unspecified atom stereocenters. The second-order valence-electron chi connectivity index (χ2n) is 4.88. The maximum absolute atomic E-state index is 13.5. The van der Waals surface area contributed by atoms with Crippen LogP contribution < -0.4 is 5.32 Å². The molecule has 0 aliphatic carbocycles. The molecule has 1 heterocycles. The van der Waals surface area contributed by atoms with E-state index in [-0.39, 0.29) is 12.1 Å². The monoisotopic (exact) mass is 395 g/mol. The molecule has 1 aromatic heterocycles. The van der Waals surface area contributed by atoms with Crippen LogP contribution in [-0.4, -0.2) is 18.0 Å². The Kier molecular flexibility index (Phi) is 6.31. The zero-order valence-electron chi connectivity index (χ0n) is 12.8. The third-order valence-electron chi connectivity index (χ3n) is 3.04. The summed E-state index contributed by atoms with van der Waals surface area (Å²) >= 11 is 3.22. The minimum Gasteiger partial charge on any atom is -0.467 e. The van der Waals surface area contributed by atoms with E-state index in [0.717, 1.165) is 6.08 Å². The van der Waals surface area contributed by atoms with E-state index in [1.807, 2.05) is 0 Å². The summed E-state index contributed by atoms with van der Waals surface area (Å²) in [5.41, 5.74) is 0.233. The zero-order chi connectivity index (χ0) is 17.5. The fourth-order valence-electron chi connectivity index (χ4n) is 1.80. The van der Waals surface area contributed by atoms with Crippen LogP contribution in [0.1, 0.15) is 18.2 Å². The van der Waals surface area contributed by atoms with E-state index in [4.69, 9.17) is 9.15 Å². The molecule has 7 heteroatoms. The van der Waals surface area contributed by atoms with E-state index >= 15 is 0 Å². The van der Waals surface area contributed by atoms with Crippen molar-refractivity contribution in [3.63, 3.8) is 0 Å². The second kappa shape index (κ2) is 8.44. The topological polar surface area (TPSA) is 68.5 Å². The summed E-state index contributed by atoms with van der Waals surface area (Å²) in [7, 11) is 0. The van der Waals surface area contributed by atoms with Gasteiger partial charge in [-0.1, -0.05) is 15.9 Å². The van der Waals surface area contributed by atoms with Crippen molar-refractivity contribution in [1.82, 2.24) is 5.32 Å². The molecule has 1 atom stereocenters. The highest BCUT2D eigenvalue weighted by Gasteiger charge is 2.16. The first-order valence-electron chi connectivity index (χ1n) is 7.09. The molecule has 24 heavy (non-hydrogen) atoms. The first-order chi connectivity index (χ1) is 11.5. The summed E-state index contributed by atoms with van der Waals surface area (Å²) in [4.78, 5) is 23.5. The Hall–Kier alpha value is -2.41. The number of ether oxygens (including phenoxy) is 1. The van der Waals surface area contributed by atoms with Crippen molar-refractivity contribution in [2.45, 2.75) is 19.6 Å². The molecule has 126 valence electrons. The molecule has 1 N–H and O–H groups in total. The van der Waals surface area contributed by atoms with Gasteiger partial charge in [0.15, 0.2) is 6.10 Å². The predicted molar refractivity (Wildman–Crippen MR) is 89.2 cm³/mol. The lowest BCUT2D eigenvalue weighted by atomic mass is 10.2. The quantitative estimate of drug-likeness (QED) is 0.600. The van der Waals surface area contributed by atoms with E-state index in [1.165, 1.54) is 31.4 Å². The maximum atomic E-state index is 13.5. The Labute approximate surface area is 146 Å². The van der Waals surface area contributed by atoms with Crippen molar-refractivity contribution >= 4 is 33.9 Å². The van der Waals surface area contributed by atoms with Crippen LogP contribution in [0.15, 0.2) is 51.6 Å². The maximum Gasteiger partial charge on any atom is 0.331 e. The van der Waals surface area contributed by atoms with Crippen molar-refractivity contribution in [1.29, 1.82) is 0 Å². The van der Waals surface area contributed by atoms with Crippen molar-refractivity contribution in [3.05, 3.63) is 64.3 Å².